The zero-order chi connectivity index (χ0) is 24.6. The Bertz CT molecular complexity index is 1090. The van der Waals surface area contributed by atoms with Gasteiger partial charge in [0, 0.05) is 25.0 Å². The minimum Gasteiger partial charge on any atom is -0.495 e. The SMILES string of the molecule is COc1ccc(C(F)(F)F)cc1N(C)[C@@H]1C2CCN(CC2)[C@@H]1C(c1ccccc1)c1ccccc1. The predicted molar refractivity (Wildman–Crippen MR) is 133 cm³/mol. The molecular formula is C29H31F3N2O. The molecule has 3 aliphatic rings. The Morgan fingerprint density at radius 1 is 0.886 bits per heavy atom. The van der Waals surface area contributed by atoms with E-state index in [1.54, 1.807) is 0 Å². The van der Waals surface area contributed by atoms with E-state index < -0.39 is 11.7 Å². The third-order valence-corrected chi connectivity index (χ3v) is 7.82. The topological polar surface area (TPSA) is 15.7 Å². The van der Waals surface area contributed by atoms with Gasteiger partial charge in [-0.15, -0.1) is 0 Å². The molecule has 2 bridgehead atoms. The summed E-state index contributed by atoms with van der Waals surface area (Å²) in [5.41, 5.74) is 2.29. The smallest absolute Gasteiger partial charge is 0.416 e. The standard InChI is InChI=1S/C29H31F3N2O/c1-33(24-19-23(29(30,31)32)13-14-25(24)35-2)27-22-15-17-34(18-16-22)28(27)26(20-9-5-3-6-10-20)21-11-7-4-8-12-21/h3-14,19,22,26-28H,15-18H2,1-2H3/t27-,28-/m1/s1. The van der Waals surface area contributed by atoms with E-state index in [1.165, 1.54) is 30.4 Å². The number of hydrogen-bond donors (Lipinski definition) is 0. The molecule has 3 aromatic rings. The first-order valence-electron chi connectivity index (χ1n) is 12.2. The van der Waals surface area contributed by atoms with E-state index >= 15 is 0 Å². The Labute approximate surface area is 205 Å². The number of nitrogens with zero attached hydrogens (tertiary/aromatic N) is 2. The van der Waals surface area contributed by atoms with Crippen molar-refractivity contribution < 1.29 is 17.9 Å². The number of hydrogen-bond acceptors (Lipinski definition) is 3. The van der Waals surface area contributed by atoms with Crippen molar-refractivity contribution in [2.24, 2.45) is 5.92 Å². The van der Waals surface area contributed by atoms with Gasteiger partial charge in [0.15, 0.2) is 0 Å². The summed E-state index contributed by atoms with van der Waals surface area (Å²) in [4.78, 5) is 4.61. The number of fused-ring (bicyclic) bond motifs is 3. The fraction of sp³-hybridized carbons (Fsp3) is 0.379. The molecule has 0 radical (unpaired) electrons. The minimum atomic E-state index is -4.41. The van der Waals surface area contributed by atoms with E-state index in [0.717, 1.165) is 32.0 Å². The maximum absolute atomic E-state index is 13.6. The Kier molecular flexibility index (Phi) is 6.49. The summed E-state index contributed by atoms with van der Waals surface area (Å²) in [6, 6.07) is 24.9. The normalized spacial score (nSPS) is 23.9. The molecule has 3 fully saturated rings. The van der Waals surface area contributed by atoms with Crippen LogP contribution in [-0.4, -0.2) is 44.2 Å². The van der Waals surface area contributed by atoms with Crippen LogP contribution < -0.4 is 9.64 Å². The van der Waals surface area contributed by atoms with Crippen LogP contribution in [-0.2, 0) is 6.18 Å². The van der Waals surface area contributed by atoms with Crippen LogP contribution in [0.1, 0.15) is 35.4 Å². The molecule has 0 aromatic heterocycles. The van der Waals surface area contributed by atoms with Crippen molar-refractivity contribution >= 4 is 5.69 Å². The number of ether oxygens (including phenoxy) is 1. The van der Waals surface area contributed by atoms with Crippen LogP contribution in [0.25, 0.3) is 0 Å². The first kappa shape index (κ1) is 23.7. The summed E-state index contributed by atoms with van der Waals surface area (Å²) in [6.45, 7) is 2.02. The van der Waals surface area contributed by atoms with E-state index in [4.69, 9.17) is 4.74 Å². The largest absolute Gasteiger partial charge is 0.495 e. The van der Waals surface area contributed by atoms with Gasteiger partial charge in [0.1, 0.15) is 5.75 Å². The van der Waals surface area contributed by atoms with Crippen molar-refractivity contribution in [2.45, 2.75) is 37.0 Å². The van der Waals surface area contributed by atoms with E-state index in [9.17, 15) is 13.2 Å². The fourth-order valence-corrected chi connectivity index (χ4v) is 6.22. The monoisotopic (exact) mass is 480 g/mol. The molecule has 0 saturated carbocycles. The second-order valence-electron chi connectivity index (χ2n) is 9.65. The highest BCUT2D eigenvalue weighted by molar-refractivity contribution is 5.61. The number of methoxy groups -OCH3 is 1. The van der Waals surface area contributed by atoms with Gasteiger partial charge in [0.2, 0.25) is 0 Å². The molecule has 0 unspecified atom stereocenters. The summed E-state index contributed by atoms with van der Waals surface area (Å²) in [5, 5.41) is 0. The van der Waals surface area contributed by atoms with Gasteiger partial charge in [0.05, 0.1) is 18.4 Å². The van der Waals surface area contributed by atoms with Crippen LogP contribution in [0.15, 0.2) is 78.9 Å². The van der Waals surface area contributed by atoms with Crippen molar-refractivity contribution in [1.82, 2.24) is 4.90 Å². The first-order valence-corrected chi connectivity index (χ1v) is 12.2. The predicted octanol–water partition coefficient (Wildman–Crippen LogP) is 6.45. The summed E-state index contributed by atoms with van der Waals surface area (Å²) in [6.07, 6.45) is -2.32. The van der Waals surface area contributed by atoms with Gasteiger partial charge < -0.3 is 9.64 Å². The minimum absolute atomic E-state index is 0.0419. The molecule has 3 nitrogen and oxygen atoms in total. The van der Waals surface area contributed by atoms with Crippen molar-refractivity contribution in [3.8, 4) is 5.75 Å². The van der Waals surface area contributed by atoms with Gasteiger partial charge in [-0.2, -0.15) is 13.2 Å². The maximum atomic E-state index is 13.6. The Balaban J connectivity index is 1.62. The average Bonchev–Trinajstić information content (AvgIpc) is 2.89. The van der Waals surface area contributed by atoms with Gasteiger partial charge in [-0.3, -0.25) is 4.90 Å². The Hall–Kier alpha value is -2.99. The molecule has 184 valence electrons. The number of piperidine rings is 3. The quantitative estimate of drug-likeness (QED) is 0.404. The Morgan fingerprint density at radius 2 is 1.46 bits per heavy atom. The lowest BCUT2D eigenvalue weighted by molar-refractivity contribution is -0.137. The molecule has 6 heteroatoms. The maximum Gasteiger partial charge on any atom is 0.416 e. The van der Waals surface area contributed by atoms with Crippen LogP contribution in [0.5, 0.6) is 5.75 Å². The molecule has 6 rings (SSSR count). The van der Waals surface area contributed by atoms with Crippen molar-refractivity contribution in [3.63, 3.8) is 0 Å². The van der Waals surface area contributed by atoms with E-state index in [1.807, 2.05) is 19.2 Å². The summed E-state index contributed by atoms with van der Waals surface area (Å²) in [7, 11) is 3.45. The van der Waals surface area contributed by atoms with Crippen LogP contribution in [0.3, 0.4) is 0 Å². The highest BCUT2D eigenvalue weighted by Crippen LogP contribution is 2.46. The number of anilines is 1. The van der Waals surface area contributed by atoms with Crippen molar-refractivity contribution in [2.75, 3.05) is 32.1 Å². The molecule has 2 atom stereocenters. The lowest BCUT2D eigenvalue weighted by Gasteiger charge is -2.56. The first-order chi connectivity index (χ1) is 16.9. The van der Waals surface area contributed by atoms with Crippen LogP contribution in [0.2, 0.25) is 0 Å². The number of benzene rings is 3. The fourth-order valence-electron chi connectivity index (χ4n) is 6.22. The zero-order valence-electron chi connectivity index (χ0n) is 20.1. The highest BCUT2D eigenvalue weighted by atomic mass is 19.4. The number of halogens is 3. The molecule has 0 spiro atoms. The third kappa shape index (κ3) is 4.52. The van der Waals surface area contributed by atoms with Crippen LogP contribution in [0.4, 0.5) is 18.9 Å². The second-order valence-corrected chi connectivity index (χ2v) is 9.65. The van der Waals surface area contributed by atoms with Gasteiger partial charge in [-0.25, -0.2) is 0 Å². The lowest BCUT2D eigenvalue weighted by Crippen LogP contribution is -2.65. The molecule has 3 aromatic carbocycles. The van der Waals surface area contributed by atoms with Crippen LogP contribution >= 0.6 is 0 Å². The summed E-state index contributed by atoms with van der Waals surface area (Å²) in [5.74, 6) is 0.959. The van der Waals surface area contributed by atoms with Crippen molar-refractivity contribution in [1.29, 1.82) is 0 Å². The van der Waals surface area contributed by atoms with Crippen molar-refractivity contribution in [3.05, 3.63) is 95.6 Å². The molecule has 3 aliphatic heterocycles. The van der Waals surface area contributed by atoms with E-state index in [2.05, 4.69) is 58.3 Å². The van der Waals surface area contributed by atoms with Gasteiger partial charge >= 0.3 is 6.18 Å². The van der Waals surface area contributed by atoms with Gasteiger partial charge in [-0.1, -0.05) is 60.7 Å². The summed E-state index contributed by atoms with van der Waals surface area (Å²) < 4.78 is 46.5. The number of alkyl halides is 3. The Morgan fingerprint density at radius 3 is 1.97 bits per heavy atom. The highest BCUT2D eigenvalue weighted by Gasteiger charge is 2.48. The zero-order valence-corrected chi connectivity index (χ0v) is 20.1. The third-order valence-electron chi connectivity index (χ3n) is 7.82. The molecule has 3 heterocycles. The van der Waals surface area contributed by atoms with Gasteiger partial charge in [-0.05, 0) is 61.2 Å². The molecule has 35 heavy (non-hydrogen) atoms. The molecule has 0 N–H and O–H groups in total. The lowest BCUT2D eigenvalue weighted by atomic mass is 9.70. The second kappa shape index (κ2) is 9.57. The van der Waals surface area contributed by atoms with E-state index in [0.29, 0.717) is 17.4 Å². The molecular weight excluding hydrogens is 449 g/mol. The number of likely N-dealkylation sites (N-methyl/N-ethyl adjacent to an activating group) is 1. The van der Waals surface area contributed by atoms with Gasteiger partial charge in [0.25, 0.3) is 0 Å². The molecule has 0 aliphatic carbocycles. The molecule has 3 saturated heterocycles. The average molecular weight is 481 g/mol. The van der Waals surface area contributed by atoms with Crippen LogP contribution in [0, 0.1) is 5.92 Å². The molecule has 0 amide bonds. The summed E-state index contributed by atoms with van der Waals surface area (Å²) >= 11 is 0. The van der Waals surface area contributed by atoms with E-state index in [-0.39, 0.29) is 18.0 Å². The number of rotatable bonds is 6.